The number of carbonyl (C=O) groups excluding carboxylic acids is 1. The summed E-state index contributed by atoms with van der Waals surface area (Å²) in [7, 11) is 0. The molecule has 2 nitrogen and oxygen atoms in total. The Labute approximate surface area is 126 Å². The number of aryl methyl sites for hydroxylation is 1. The Morgan fingerprint density at radius 3 is 2.85 bits per heavy atom. The van der Waals surface area contributed by atoms with Crippen molar-refractivity contribution < 1.29 is 4.79 Å². The molecular formula is C17H24ClNO. The van der Waals surface area contributed by atoms with Gasteiger partial charge in [-0.25, -0.2) is 0 Å². The molecule has 0 aromatic heterocycles. The third-order valence-electron chi connectivity index (χ3n) is 4.06. The highest BCUT2D eigenvalue weighted by Gasteiger charge is 2.16. The van der Waals surface area contributed by atoms with E-state index >= 15 is 0 Å². The fourth-order valence-corrected chi connectivity index (χ4v) is 3.07. The monoisotopic (exact) mass is 293 g/mol. The largest absolute Gasteiger partial charge is 0.326 e. The lowest BCUT2D eigenvalue weighted by molar-refractivity contribution is -0.116. The molecule has 0 aliphatic heterocycles. The number of alkyl halides is 1. The van der Waals surface area contributed by atoms with Gasteiger partial charge >= 0.3 is 0 Å². The Morgan fingerprint density at radius 1 is 1.30 bits per heavy atom. The minimum atomic E-state index is 0.145. The van der Waals surface area contributed by atoms with E-state index in [1.165, 1.54) is 31.2 Å². The summed E-state index contributed by atoms with van der Waals surface area (Å²) in [6.07, 6.45) is 8.93. The van der Waals surface area contributed by atoms with E-state index in [0.29, 0.717) is 12.3 Å². The Morgan fingerprint density at radius 2 is 2.10 bits per heavy atom. The zero-order chi connectivity index (χ0) is 14.2. The van der Waals surface area contributed by atoms with Crippen LogP contribution in [-0.2, 0) is 11.2 Å². The van der Waals surface area contributed by atoms with Gasteiger partial charge < -0.3 is 5.32 Å². The van der Waals surface area contributed by atoms with Crippen LogP contribution in [0.5, 0.6) is 0 Å². The van der Waals surface area contributed by atoms with E-state index in [9.17, 15) is 4.79 Å². The summed E-state index contributed by atoms with van der Waals surface area (Å²) in [5.41, 5.74) is 2.15. The molecule has 0 radical (unpaired) electrons. The molecule has 0 bridgehead atoms. The quantitative estimate of drug-likeness (QED) is 0.721. The standard InChI is InChI=1S/C17H24ClNO/c18-12-4-8-15-7-3-9-16(13-15)19-17(20)11-10-14-5-1-2-6-14/h3,7,9,13-14H,1-2,4-6,8,10-12H2,(H,19,20). The fourth-order valence-electron chi connectivity index (χ4n) is 2.93. The molecule has 0 unspecified atom stereocenters. The van der Waals surface area contributed by atoms with Crippen LogP contribution < -0.4 is 5.32 Å². The maximum atomic E-state index is 12.0. The number of benzene rings is 1. The maximum Gasteiger partial charge on any atom is 0.224 e. The summed E-state index contributed by atoms with van der Waals surface area (Å²) in [6, 6.07) is 8.09. The van der Waals surface area contributed by atoms with E-state index in [1.807, 2.05) is 12.1 Å². The number of carbonyl (C=O) groups is 1. The third-order valence-corrected chi connectivity index (χ3v) is 4.33. The number of hydrogen-bond acceptors (Lipinski definition) is 1. The zero-order valence-corrected chi connectivity index (χ0v) is 12.8. The second kappa shape index (κ2) is 8.31. The van der Waals surface area contributed by atoms with Crippen LogP contribution in [0.3, 0.4) is 0 Å². The van der Waals surface area contributed by atoms with Crippen molar-refractivity contribution in [1.29, 1.82) is 0 Å². The lowest BCUT2D eigenvalue weighted by atomic mass is 10.0. The molecular weight excluding hydrogens is 270 g/mol. The van der Waals surface area contributed by atoms with Crippen molar-refractivity contribution in [1.82, 2.24) is 0 Å². The molecule has 0 heterocycles. The molecule has 1 aromatic carbocycles. The van der Waals surface area contributed by atoms with Gasteiger partial charge in [0.2, 0.25) is 5.91 Å². The molecule has 1 aromatic rings. The summed E-state index contributed by atoms with van der Waals surface area (Å²) in [4.78, 5) is 12.0. The Bertz CT molecular complexity index is 427. The second-order valence-corrected chi connectivity index (χ2v) is 6.11. The minimum Gasteiger partial charge on any atom is -0.326 e. The summed E-state index contributed by atoms with van der Waals surface area (Å²) >= 11 is 5.71. The highest BCUT2D eigenvalue weighted by Crippen LogP contribution is 2.28. The van der Waals surface area contributed by atoms with Crippen LogP contribution in [0.15, 0.2) is 24.3 Å². The lowest BCUT2D eigenvalue weighted by Crippen LogP contribution is -2.12. The maximum absolute atomic E-state index is 12.0. The first-order valence-corrected chi connectivity index (χ1v) is 8.26. The predicted molar refractivity (Wildman–Crippen MR) is 85.3 cm³/mol. The molecule has 0 saturated heterocycles. The van der Waals surface area contributed by atoms with Crippen molar-refractivity contribution in [2.24, 2.45) is 5.92 Å². The van der Waals surface area contributed by atoms with Crippen LogP contribution in [0.4, 0.5) is 5.69 Å². The van der Waals surface area contributed by atoms with Gasteiger partial charge in [0, 0.05) is 18.0 Å². The topological polar surface area (TPSA) is 29.1 Å². The number of amides is 1. The van der Waals surface area contributed by atoms with Gasteiger partial charge in [0.05, 0.1) is 0 Å². The average molecular weight is 294 g/mol. The highest BCUT2D eigenvalue weighted by atomic mass is 35.5. The number of anilines is 1. The summed E-state index contributed by atoms with van der Waals surface area (Å²) in [5, 5.41) is 3.01. The average Bonchev–Trinajstić information content (AvgIpc) is 2.97. The first-order valence-electron chi connectivity index (χ1n) is 7.72. The van der Waals surface area contributed by atoms with Gasteiger partial charge in [0.15, 0.2) is 0 Å². The number of rotatable bonds is 7. The smallest absolute Gasteiger partial charge is 0.224 e. The van der Waals surface area contributed by atoms with E-state index in [4.69, 9.17) is 11.6 Å². The first-order chi connectivity index (χ1) is 9.78. The van der Waals surface area contributed by atoms with Crippen molar-refractivity contribution in [3.63, 3.8) is 0 Å². The van der Waals surface area contributed by atoms with Gasteiger partial charge in [-0.15, -0.1) is 11.6 Å². The van der Waals surface area contributed by atoms with Gasteiger partial charge in [-0.1, -0.05) is 37.8 Å². The van der Waals surface area contributed by atoms with Crippen molar-refractivity contribution in [2.75, 3.05) is 11.2 Å². The molecule has 1 fully saturated rings. The summed E-state index contributed by atoms with van der Waals surface area (Å²) < 4.78 is 0. The van der Waals surface area contributed by atoms with Crippen LogP contribution in [0, 0.1) is 5.92 Å². The zero-order valence-electron chi connectivity index (χ0n) is 12.0. The molecule has 110 valence electrons. The van der Waals surface area contributed by atoms with E-state index in [2.05, 4.69) is 17.4 Å². The van der Waals surface area contributed by atoms with Gasteiger partial charge in [-0.2, -0.15) is 0 Å². The molecule has 20 heavy (non-hydrogen) atoms. The third kappa shape index (κ3) is 5.16. The molecule has 1 amide bonds. The predicted octanol–water partition coefficient (Wildman–Crippen LogP) is 4.77. The normalized spacial score (nSPS) is 15.4. The minimum absolute atomic E-state index is 0.145. The SMILES string of the molecule is O=C(CCC1CCCC1)Nc1cccc(CCCCl)c1. The van der Waals surface area contributed by atoms with E-state index in [-0.39, 0.29) is 5.91 Å². The second-order valence-electron chi connectivity index (χ2n) is 5.73. The molecule has 1 aliphatic carbocycles. The Hall–Kier alpha value is -1.02. The van der Waals surface area contributed by atoms with Crippen LogP contribution in [0.1, 0.15) is 50.5 Å². The molecule has 1 saturated carbocycles. The molecule has 0 atom stereocenters. The molecule has 1 aliphatic rings. The van der Waals surface area contributed by atoms with Crippen molar-refractivity contribution >= 4 is 23.2 Å². The lowest BCUT2D eigenvalue weighted by Gasteiger charge is -2.10. The van der Waals surface area contributed by atoms with Crippen molar-refractivity contribution in [2.45, 2.75) is 51.4 Å². The van der Waals surface area contributed by atoms with Gasteiger partial charge in [0.25, 0.3) is 0 Å². The molecule has 3 heteroatoms. The van der Waals surface area contributed by atoms with E-state index in [0.717, 1.165) is 30.9 Å². The van der Waals surface area contributed by atoms with Crippen LogP contribution >= 0.6 is 11.6 Å². The summed E-state index contributed by atoms with van der Waals surface area (Å²) in [6.45, 7) is 0. The molecule has 0 spiro atoms. The molecule has 1 N–H and O–H groups in total. The number of hydrogen-bond donors (Lipinski definition) is 1. The Kier molecular flexibility index (Phi) is 6.38. The molecule has 2 rings (SSSR count). The number of nitrogens with one attached hydrogen (secondary N) is 1. The fraction of sp³-hybridized carbons (Fsp3) is 0.588. The summed E-state index contributed by atoms with van der Waals surface area (Å²) in [5.74, 6) is 1.60. The van der Waals surface area contributed by atoms with Gasteiger partial charge in [-0.3, -0.25) is 4.79 Å². The van der Waals surface area contributed by atoms with Crippen LogP contribution in [0.2, 0.25) is 0 Å². The highest BCUT2D eigenvalue weighted by molar-refractivity contribution is 6.17. The van der Waals surface area contributed by atoms with Crippen LogP contribution in [0.25, 0.3) is 0 Å². The Balaban J connectivity index is 1.77. The van der Waals surface area contributed by atoms with E-state index < -0.39 is 0 Å². The van der Waals surface area contributed by atoms with Crippen molar-refractivity contribution in [3.05, 3.63) is 29.8 Å². The van der Waals surface area contributed by atoms with E-state index in [1.54, 1.807) is 0 Å². The van der Waals surface area contributed by atoms with Crippen LogP contribution in [-0.4, -0.2) is 11.8 Å². The van der Waals surface area contributed by atoms with Crippen molar-refractivity contribution in [3.8, 4) is 0 Å². The number of halogens is 1. The van der Waals surface area contributed by atoms with Gasteiger partial charge in [-0.05, 0) is 42.9 Å². The first kappa shape index (κ1) is 15.4. The van der Waals surface area contributed by atoms with Gasteiger partial charge in [0.1, 0.15) is 0 Å².